The summed E-state index contributed by atoms with van der Waals surface area (Å²) in [6.07, 6.45) is 1.78. The molecule has 0 fully saturated rings. The topological polar surface area (TPSA) is 85.8 Å². The van der Waals surface area contributed by atoms with Crippen LogP contribution in [0.2, 0.25) is 0 Å². The predicted octanol–water partition coefficient (Wildman–Crippen LogP) is 1.52. The first kappa shape index (κ1) is 15.3. The first-order chi connectivity index (χ1) is 10.2. The average molecular weight is 303 g/mol. The minimum Gasteiger partial charge on any atom is -0.298 e. The number of nitrogens with one attached hydrogen (secondary N) is 1. The van der Waals surface area contributed by atoms with Gasteiger partial charge in [0.15, 0.2) is 11.0 Å². The van der Waals surface area contributed by atoms with Crippen LogP contribution in [0.1, 0.15) is 5.56 Å². The van der Waals surface area contributed by atoms with Crippen LogP contribution < -0.4 is 11.3 Å². The van der Waals surface area contributed by atoms with Crippen molar-refractivity contribution < 1.29 is 4.79 Å². The first-order valence-corrected chi connectivity index (χ1v) is 7.38. The quantitative estimate of drug-likeness (QED) is 0.278. The minimum absolute atomic E-state index is 0.194. The number of nitrogens with zero attached hydrogens (tertiary/aromatic N) is 3. The summed E-state index contributed by atoms with van der Waals surface area (Å²) in [4.78, 5) is 11.3. The van der Waals surface area contributed by atoms with Gasteiger partial charge in [-0.1, -0.05) is 42.1 Å². The SMILES string of the molecule is C=CCn1c(SCC(=O)NN)nnc1-c1ccccc1C. The van der Waals surface area contributed by atoms with Crippen LogP contribution in [0, 0.1) is 6.92 Å². The number of carbonyl (C=O) groups is 1. The lowest BCUT2D eigenvalue weighted by molar-refractivity contribution is -0.118. The van der Waals surface area contributed by atoms with E-state index in [4.69, 9.17) is 5.84 Å². The molecule has 1 heterocycles. The van der Waals surface area contributed by atoms with E-state index >= 15 is 0 Å². The fourth-order valence-electron chi connectivity index (χ4n) is 1.88. The highest BCUT2D eigenvalue weighted by molar-refractivity contribution is 7.99. The molecule has 0 atom stereocenters. The van der Waals surface area contributed by atoms with Crippen LogP contribution in [0.3, 0.4) is 0 Å². The van der Waals surface area contributed by atoms with Gasteiger partial charge in [0.1, 0.15) is 0 Å². The summed E-state index contributed by atoms with van der Waals surface area (Å²) >= 11 is 1.29. The third-order valence-corrected chi connectivity index (χ3v) is 3.87. The monoisotopic (exact) mass is 303 g/mol. The molecule has 1 aromatic heterocycles. The number of allylic oxidation sites excluding steroid dienone is 1. The molecular formula is C14H17N5OS. The number of amides is 1. The van der Waals surface area contributed by atoms with E-state index in [1.807, 2.05) is 35.8 Å². The fourth-order valence-corrected chi connectivity index (χ4v) is 2.64. The van der Waals surface area contributed by atoms with Crippen molar-refractivity contribution >= 4 is 17.7 Å². The molecule has 2 rings (SSSR count). The van der Waals surface area contributed by atoms with Crippen LogP contribution in [0.25, 0.3) is 11.4 Å². The number of hydrazine groups is 1. The van der Waals surface area contributed by atoms with Crippen molar-refractivity contribution in [1.82, 2.24) is 20.2 Å². The Kier molecular flexibility index (Phi) is 5.13. The van der Waals surface area contributed by atoms with Gasteiger partial charge in [-0.15, -0.1) is 16.8 Å². The Bertz CT molecular complexity index is 653. The second kappa shape index (κ2) is 7.05. The molecule has 0 aliphatic carbocycles. The van der Waals surface area contributed by atoms with Gasteiger partial charge in [0, 0.05) is 12.1 Å². The van der Waals surface area contributed by atoms with Crippen LogP contribution in [0.4, 0.5) is 0 Å². The van der Waals surface area contributed by atoms with Gasteiger partial charge in [0.2, 0.25) is 5.91 Å². The number of rotatable bonds is 6. The maximum absolute atomic E-state index is 11.3. The molecule has 0 bridgehead atoms. The summed E-state index contributed by atoms with van der Waals surface area (Å²) in [5.41, 5.74) is 4.23. The zero-order valence-corrected chi connectivity index (χ0v) is 12.6. The number of hydrogen-bond donors (Lipinski definition) is 2. The third kappa shape index (κ3) is 3.50. The zero-order chi connectivity index (χ0) is 15.2. The van der Waals surface area contributed by atoms with E-state index in [9.17, 15) is 4.79 Å². The van der Waals surface area contributed by atoms with Gasteiger partial charge in [-0.3, -0.25) is 14.8 Å². The zero-order valence-electron chi connectivity index (χ0n) is 11.7. The summed E-state index contributed by atoms with van der Waals surface area (Å²) < 4.78 is 1.93. The average Bonchev–Trinajstić information content (AvgIpc) is 2.88. The molecule has 110 valence electrons. The lowest BCUT2D eigenvalue weighted by Gasteiger charge is -2.09. The largest absolute Gasteiger partial charge is 0.298 e. The van der Waals surface area contributed by atoms with Crippen LogP contribution in [0.5, 0.6) is 0 Å². The van der Waals surface area contributed by atoms with Crippen LogP contribution >= 0.6 is 11.8 Å². The number of nitrogens with two attached hydrogens (primary N) is 1. The smallest absolute Gasteiger partial charge is 0.244 e. The molecule has 1 amide bonds. The fraction of sp³-hybridized carbons (Fsp3) is 0.214. The maximum Gasteiger partial charge on any atom is 0.244 e. The predicted molar refractivity (Wildman–Crippen MR) is 83.4 cm³/mol. The first-order valence-electron chi connectivity index (χ1n) is 6.39. The van der Waals surface area contributed by atoms with Gasteiger partial charge in [0.25, 0.3) is 0 Å². The highest BCUT2D eigenvalue weighted by Crippen LogP contribution is 2.26. The van der Waals surface area contributed by atoms with Gasteiger partial charge >= 0.3 is 0 Å². The number of benzene rings is 1. The highest BCUT2D eigenvalue weighted by atomic mass is 32.2. The highest BCUT2D eigenvalue weighted by Gasteiger charge is 2.15. The molecule has 0 aliphatic rings. The van der Waals surface area contributed by atoms with Crippen molar-refractivity contribution in [3.63, 3.8) is 0 Å². The van der Waals surface area contributed by atoms with Gasteiger partial charge in [0.05, 0.1) is 5.75 Å². The molecule has 3 N–H and O–H groups in total. The van der Waals surface area contributed by atoms with Gasteiger partial charge in [-0.2, -0.15) is 0 Å². The van der Waals surface area contributed by atoms with Gasteiger partial charge < -0.3 is 0 Å². The van der Waals surface area contributed by atoms with E-state index in [-0.39, 0.29) is 11.7 Å². The summed E-state index contributed by atoms with van der Waals surface area (Å²) in [5, 5.41) is 9.08. The molecule has 2 aromatic rings. The Morgan fingerprint density at radius 2 is 2.24 bits per heavy atom. The summed E-state index contributed by atoms with van der Waals surface area (Å²) in [5.74, 6) is 5.78. The molecule has 0 radical (unpaired) electrons. The van der Waals surface area contributed by atoms with Crippen molar-refractivity contribution in [3.05, 3.63) is 42.5 Å². The van der Waals surface area contributed by atoms with Crippen molar-refractivity contribution in [2.75, 3.05) is 5.75 Å². The Hall–Kier alpha value is -2.12. The molecule has 7 heteroatoms. The minimum atomic E-state index is -0.259. The Balaban J connectivity index is 2.35. The lowest BCUT2D eigenvalue weighted by Crippen LogP contribution is -2.31. The van der Waals surface area contributed by atoms with Crippen molar-refractivity contribution in [2.24, 2.45) is 5.84 Å². The molecule has 0 aliphatic heterocycles. The van der Waals surface area contributed by atoms with Gasteiger partial charge in [-0.05, 0) is 12.5 Å². The number of hydrogen-bond acceptors (Lipinski definition) is 5. The van der Waals surface area contributed by atoms with Crippen LogP contribution in [0.15, 0.2) is 42.1 Å². The molecule has 0 saturated carbocycles. The molecular weight excluding hydrogens is 286 g/mol. The number of aromatic nitrogens is 3. The third-order valence-electron chi connectivity index (χ3n) is 2.91. The second-order valence-electron chi connectivity index (χ2n) is 4.38. The summed E-state index contributed by atoms with van der Waals surface area (Å²) in [6, 6.07) is 7.97. The van der Waals surface area contributed by atoms with Crippen LogP contribution in [-0.4, -0.2) is 26.4 Å². The van der Waals surface area contributed by atoms with E-state index in [2.05, 4.69) is 22.2 Å². The van der Waals surface area contributed by atoms with E-state index in [1.54, 1.807) is 6.08 Å². The molecule has 1 aromatic carbocycles. The Morgan fingerprint density at radius 3 is 2.90 bits per heavy atom. The summed E-state index contributed by atoms with van der Waals surface area (Å²) in [7, 11) is 0. The molecule has 0 unspecified atom stereocenters. The standard InChI is InChI=1S/C14H17N5OS/c1-3-8-19-13(11-7-5-4-6-10(11)2)17-18-14(19)21-9-12(20)16-15/h3-7H,1,8-9,15H2,2H3,(H,16,20). The van der Waals surface area contributed by atoms with E-state index in [0.717, 1.165) is 17.0 Å². The molecule has 0 saturated heterocycles. The maximum atomic E-state index is 11.3. The number of thioether (sulfide) groups is 1. The number of carbonyl (C=O) groups excluding carboxylic acids is 1. The van der Waals surface area contributed by atoms with E-state index < -0.39 is 0 Å². The number of aryl methyl sites for hydroxylation is 1. The molecule has 0 spiro atoms. The van der Waals surface area contributed by atoms with Crippen molar-refractivity contribution in [3.8, 4) is 11.4 Å². The Labute approximate surface area is 127 Å². The lowest BCUT2D eigenvalue weighted by atomic mass is 10.1. The molecule has 6 nitrogen and oxygen atoms in total. The second-order valence-corrected chi connectivity index (χ2v) is 5.32. The summed E-state index contributed by atoms with van der Waals surface area (Å²) in [6.45, 7) is 6.36. The molecule has 21 heavy (non-hydrogen) atoms. The van der Waals surface area contributed by atoms with Crippen molar-refractivity contribution in [2.45, 2.75) is 18.6 Å². The van der Waals surface area contributed by atoms with E-state index in [0.29, 0.717) is 11.7 Å². The Morgan fingerprint density at radius 1 is 1.48 bits per heavy atom. The van der Waals surface area contributed by atoms with Crippen LogP contribution in [-0.2, 0) is 11.3 Å². The van der Waals surface area contributed by atoms with Crippen molar-refractivity contribution in [1.29, 1.82) is 0 Å². The van der Waals surface area contributed by atoms with Gasteiger partial charge in [-0.25, -0.2) is 5.84 Å². The normalized spacial score (nSPS) is 10.4. The van der Waals surface area contributed by atoms with E-state index in [1.165, 1.54) is 11.8 Å².